The van der Waals surface area contributed by atoms with E-state index in [-0.39, 0.29) is 17.0 Å². The van der Waals surface area contributed by atoms with Crippen LogP contribution in [0.3, 0.4) is 0 Å². The van der Waals surface area contributed by atoms with Gasteiger partial charge in [0.15, 0.2) is 12.2 Å². The van der Waals surface area contributed by atoms with Crippen molar-refractivity contribution < 1.29 is 23.7 Å². The number of Topliss-reactive ketones (excluding diaryl/α,β-unsaturated/α-hetero) is 1. The average Bonchev–Trinajstić information content (AvgIpc) is 3.07. The minimum atomic E-state index is -0.615. The Balaban J connectivity index is 1.51. The van der Waals surface area contributed by atoms with E-state index in [0.717, 1.165) is 17.8 Å². The van der Waals surface area contributed by atoms with Gasteiger partial charge < -0.3 is 9.15 Å². The van der Waals surface area contributed by atoms with Crippen molar-refractivity contribution in [3.8, 4) is 0 Å². The summed E-state index contributed by atoms with van der Waals surface area (Å²) in [6.45, 7) is -0.492. The molecule has 0 saturated heterocycles. The van der Waals surface area contributed by atoms with Crippen LogP contribution in [0.2, 0.25) is 0 Å². The maximum Gasteiger partial charge on any atom is 0.316 e. The number of esters is 1. The summed E-state index contributed by atoms with van der Waals surface area (Å²) in [6, 6.07) is 12.4. The molecule has 9 heteroatoms. The Hall–Kier alpha value is -3.20. The Bertz CT molecular complexity index is 951. The van der Waals surface area contributed by atoms with E-state index in [2.05, 4.69) is 4.98 Å². The first-order chi connectivity index (χ1) is 12.5. The first-order valence-electron chi connectivity index (χ1n) is 7.44. The second-order valence-corrected chi connectivity index (χ2v) is 6.05. The summed E-state index contributed by atoms with van der Waals surface area (Å²) in [6.07, 6.45) is 0. The van der Waals surface area contributed by atoms with Crippen LogP contribution >= 0.6 is 11.8 Å². The molecule has 0 aliphatic carbocycles. The van der Waals surface area contributed by atoms with Crippen LogP contribution in [-0.2, 0) is 9.53 Å². The molecule has 0 N–H and O–H groups in total. The highest BCUT2D eigenvalue weighted by molar-refractivity contribution is 7.99. The maximum atomic E-state index is 12.0. The molecule has 0 amide bonds. The second kappa shape index (κ2) is 7.79. The fourth-order valence-electron chi connectivity index (χ4n) is 2.10. The van der Waals surface area contributed by atoms with Gasteiger partial charge in [0.2, 0.25) is 5.78 Å². The molecule has 0 atom stereocenters. The highest BCUT2D eigenvalue weighted by Gasteiger charge is 2.15. The van der Waals surface area contributed by atoms with E-state index in [1.807, 2.05) is 12.1 Å². The number of carbonyl (C=O) groups excluding carboxylic acids is 2. The predicted molar refractivity (Wildman–Crippen MR) is 93.1 cm³/mol. The molecule has 0 bridgehead atoms. The first kappa shape index (κ1) is 17.6. The molecule has 3 aromatic rings. The fourth-order valence-corrected chi connectivity index (χ4v) is 2.73. The van der Waals surface area contributed by atoms with Crippen LogP contribution in [0.4, 0.5) is 5.69 Å². The predicted octanol–water partition coefficient (Wildman–Crippen LogP) is 3.25. The Labute approximate surface area is 151 Å². The SMILES string of the molecule is O=C(CSc1nc2ccccc2o1)OCC(=O)c1cccc([N+](=O)[O-])c1. The molecule has 0 saturated carbocycles. The number of hydrogen-bond donors (Lipinski definition) is 0. The molecular weight excluding hydrogens is 360 g/mol. The normalized spacial score (nSPS) is 10.6. The third-order valence-electron chi connectivity index (χ3n) is 3.33. The van der Waals surface area contributed by atoms with Gasteiger partial charge in [-0.1, -0.05) is 36.0 Å². The number of carbonyl (C=O) groups is 2. The van der Waals surface area contributed by atoms with Crippen molar-refractivity contribution in [2.24, 2.45) is 0 Å². The second-order valence-electron chi connectivity index (χ2n) is 5.13. The summed E-state index contributed by atoms with van der Waals surface area (Å²) >= 11 is 1.06. The van der Waals surface area contributed by atoms with Crippen LogP contribution in [0.15, 0.2) is 58.2 Å². The average molecular weight is 372 g/mol. The Morgan fingerprint density at radius 3 is 2.77 bits per heavy atom. The van der Waals surface area contributed by atoms with Crippen molar-refractivity contribution >= 4 is 40.3 Å². The summed E-state index contributed by atoms with van der Waals surface area (Å²) in [5.74, 6) is -1.21. The number of benzene rings is 2. The molecule has 0 radical (unpaired) electrons. The van der Waals surface area contributed by atoms with E-state index in [0.29, 0.717) is 16.3 Å². The van der Waals surface area contributed by atoms with Crippen LogP contribution in [0.1, 0.15) is 10.4 Å². The van der Waals surface area contributed by atoms with Gasteiger partial charge in [0.05, 0.1) is 4.92 Å². The fraction of sp³-hybridized carbons (Fsp3) is 0.118. The minimum Gasteiger partial charge on any atom is -0.457 e. The molecule has 26 heavy (non-hydrogen) atoms. The lowest BCUT2D eigenvalue weighted by Crippen LogP contribution is -2.15. The van der Waals surface area contributed by atoms with Crippen molar-refractivity contribution in [3.63, 3.8) is 0 Å². The lowest BCUT2D eigenvalue weighted by atomic mass is 10.1. The monoisotopic (exact) mass is 372 g/mol. The number of oxazole rings is 1. The number of nitro groups is 1. The summed E-state index contributed by atoms with van der Waals surface area (Å²) < 4.78 is 10.4. The van der Waals surface area contributed by atoms with E-state index in [1.165, 1.54) is 18.2 Å². The van der Waals surface area contributed by atoms with E-state index >= 15 is 0 Å². The smallest absolute Gasteiger partial charge is 0.316 e. The van der Waals surface area contributed by atoms with Gasteiger partial charge in [-0.3, -0.25) is 19.7 Å². The van der Waals surface area contributed by atoms with Crippen molar-refractivity contribution in [1.82, 2.24) is 4.98 Å². The zero-order valence-corrected chi connectivity index (χ0v) is 14.1. The third kappa shape index (κ3) is 4.25. The molecule has 8 nitrogen and oxygen atoms in total. The number of aromatic nitrogens is 1. The highest BCUT2D eigenvalue weighted by atomic mass is 32.2. The van der Waals surface area contributed by atoms with Gasteiger partial charge in [-0.25, -0.2) is 4.98 Å². The summed E-state index contributed by atoms with van der Waals surface area (Å²) in [7, 11) is 0. The largest absolute Gasteiger partial charge is 0.457 e. The summed E-state index contributed by atoms with van der Waals surface area (Å²) in [4.78, 5) is 38.1. The quantitative estimate of drug-likeness (QED) is 0.204. The Kier molecular flexibility index (Phi) is 5.28. The van der Waals surface area contributed by atoms with Crippen molar-refractivity contribution in [2.75, 3.05) is 12.4 Å². The minimum absolute atomic E-state index is 0.0744. The van der Waals surface area contributed by atoms with Gasteiger partial charge in [0.1, 0.15) is 11.3 Å². The number of ether oxygens (including phenoxy) is 1. The van der Waals surface area contributed by atoms with E-state index in [1.54, 1.807) is 12.1 Å². The highest BCUT2D eigenvalue weighted by Crippen LogP contribution is 2.23. The molecule has 2 aromatic carbocycles. The van der Waals surface area contributed by atoms with Gasteiger partial charge in [-0.05, 0) is 12.1 Å². The van der Waals surface area contributed by atoms with Crippen LogP contribution in [0.25, 0.3) is 11.1 Å². The number of nitro benzene ring substituents is 1. The lowest BCUT2D eigenvalue weighted by Gasteiger charge is -2.03. The standard InChI is InChI=1S/C17H12N2O6S/c20-14(11-4-3-5-12(8-11)19(22)23)9-24-16(21)10-26-17-18-13-6-1-2-7-15(13)25-17/h1-8H,9-10H2. The molecule has 132 valence electrons. The van der Waals surface area contributed by atoms with Crippen LogP contribution in [0, 0.1) is 10.1 Å². The van der Waals surface area contributed by atoms with Gasteiger partial charge in [0.25, 0.3) is 10.9 Å². The van der Waals surface area contributed by atoms with Gasteiger partial charge in [-0.2, -0.15) is 0 Å². The molecule has 1 aromatic heterocycles. The molecule has 0 spiro atoms. The van der Waals surface area contributed by atoms with Gasteiger partial charge in [-0.15, -0.1) is 0 Å². The number of ketones is 1. The number of fused-ring (bicyclic) bond motifs is 1. The molecule has 0 aliphatic rings. The number of rotatable bonds is 7. The summed E-state index contributed by atoms with van der Waals surface area (Å²) in [5.41, 5.74) is 1.21. The number of thioether (sulfide) groups is 1. The van der Waals surface area contributed by atoms with Gasteiger partial charge >= 0.3 is 5.97 Å². The molecule has 1 heterocycles. The number of nitrogens with zero attached hydrogens (tertiary/aromatic N) is 2. The van der Waals surface area contributed by atoms with E-state index in [9.17, 15) is 19.7 Å². The van der Waals surface area contributed by atoms with E-state index < -0.39 is 23.3 Å². The Morgan fingerprint density at radius 2 is 2.00 bits per heavy atom. The van der Waals surface area contributed by atoms with Crippen LogP contribution in [-0.4, -0.2) is 34.0 Å². The molecule has 0 fully saturated rings. The van der Waals surface area contributed by atoms with Crippen molar-refractivity contribution in [2.45, 2.75) is 5.22 Å². The number of hydrogen-bond acceptors (Lipinski definition) is 8. The van der Waals surface area contributed by atoms with Crippen molar-refractivity contribution in [1.29, 1.82) is 0 Å². The topological polar surface area (TPSA) is 113 Å². The molecular formula is C17H12N2O6S. The van der Waals surface area contributed by atoms with E-state index in [4.69, 9.17) is 9.15 Å². The van der Waals surface area contributed by atoms with Crippen molar-refractivity contribution in [3.05, 3.63) is 64.2 Å². The van der Waals surface area contributed by atoms with Gasteiger partial charge in [0, 0.05) is 17.7 Å². The van der Waals surface area contributed by atoms with Crippen LogP contribution in [0.5, 0.6) is 0 Å². The molecule has 0 aliphatic heterocycles. The Morgan fingerprint density at radius 1 is 1.19 bits per heavy atom. The maximum absolute atomic E-state index is 12.0. The first-order valence-corrected chi connectivity index (χ1v) is 8.43. The molecule has 3 rings (SSSR count). The lowest BCUT2D eigenvalue weighted by molar-refractivity contribution is -0.384. The number of non-ortho nitro benzene ring substituents is 1. The summed E-state index contributed by atoms with van der Waals surface area (Å²) in [5, 5.41) is 11.0. The van der Waals surface area contributed by atoms with Crippen LogP contribution < -0.4 is 0 Å². The third-order valence-corrected chi connectivity index (χ3v) is 4.13. The number of para-hydroxylation sites is 2. The molecule has 0 unspecified atom stereocenters. The zero-order valence-electron chi connectivity index (χ0n) is 13.3. The zero-order chi connectivity index (χ0) is 18.5.